The molecule has 0 atom stereocenters. The van der Waals surface area contributed by atoms with Crippen molar-refractivity contribution in [3.63, 3.8) is 0 Å². The second kappa shape index (κ2) is 5.69. The normalized spacial score (nSPS) is 11.6. The van der Waals surface area contributed by atoms with E-state index in [1.807, 2.05) is 42.6 Å². The SMILES string of the molecule is C/C(=N\O)c1cc(C)ccc1OCc1cccs1. The second-order valence-corrected chi connectivity index (χ2v) is 5.09. The van der Waals surface area contributed by atoms with Gasteiger partial charge in [0.1, 0.15) is 12.4 Å². The molecule has 18 heavy (non-hydrogen) atoms. The van der Waals surface area contributed by atoms with E-state index in [0.29, 0.717) is 12.3 Å². The van der Waals surface area contributed by atoms with E-state index in [1.54, 1.807) is 18.3 Å². The molecule has 0 bridgehead atoms. The van der Waals surface area contributed by atoms with Gasteiger partial charge in [-0.05, 0) is 37.4 Å². The highest BCUT2D eigenvalue weighted by Gasteiger charge is 2.08. The molecule has 0 radical (unpaired) electrons. The lowest BCUT2D eigenvalue weighted by molar-refractivity contribution is 0.306. The van der Waals surface area contributed by atoms with E-state index in [2.05, 4.69) is 5.16 Å². The van der Waals surface area contributed by atoms with Gasteiger partial charge in [-0.2, -0.15) is 0 Å². The van der Waals surface area contributed by atoms with Crippen molar-refractivity contribution in [1.82, 2.24) is 0 Å². The first-order valence-electron chi connectivity index (χ1n) is 5.65. The van der Waals surface area contributed by atoms with Crippen molar-refractivity contribution in [3.8, 4) is 5.75 Å². The maximum absolute atomic E-state index is 8.89. The Labute approximate surface area is 110 Å². The van der Waals surface area contributed by atoms with Gasteiger partial charge in [0.05, 0.1) is 5.71 Å². The zero-order valence-corrected chi connectivity index (χ0v) is 11.2. The standard InChI is InChI=1S/C14H15NO2S/c1-10-5-6-14(13(8-10)11(2)15-16)17-9-12-4-3-7-18-12/h3-8,16H,9H2,1-2H3/b15-11+. The van der Waals surface area contributed by atoms with E-state index in [0.717, 1.165) is 16.9 Å². The molecular weight excluding hydrogens is 246 g/mol. The van der Waals surface area contributed by atoms with E-state index >= 15 is 0 Å². The fourth-order valence-corrected chi connectivity index (χ4v) is 2.27. The Morgan fingerprint density at radius 2 is 2.22 bits per heavy atom. The largest absolute Gasteiger partial charge is 0.487 e. The molecule has 94 valence electrons. The summed E-state index contributed by atoms with van der Waals surface area (Å²) in [5.74, 6) is 0.740. The monoisotopic (exact) mass is 261 g/mol. The smallest absolute Gasteiger partial charge is 0.129 e. The number of ether oxygens (including phenoxy) is 1. The third-order valence-electron chi connectivity index (χ3n) is 2.62. The van der Waals surface area contributed by atoms with E-state index < -0.39 is 0 Å². The highest BCUT2D eigenvalue weighted by atomic mass is 32.1. The lowest BCUT2D eigenvalue weighted by atomic mass is 10.1. The van der Waals surface area contributed by atoms with Crippen molar-refractivity contribution < 1.29 is 9.94 Å². The van der Waals surface area contributed by atoms with Crippen LogP contribution >= 0.6 is 11.3 Å². The summed E-state index contributed by atoms with van der Waals surface area (Å²) < 4.78 is 5.78. The summed E-state index contributed by atoms with van der Waals surface area (Å²) in [6.45, 7) is 4.29. The molecule has 2 aromatic rings. The zero-order valence-electron chi connectivity index (χ0n) is 10.4. The Kier molecular flexibility index (Phi) is 3.99. The van der Waals surface area contributed by atoms with Crippen LogP contribution in [0.4, 0.5) is 0 Å². The van der Waals surface area contributed by atoms with Crippen molar-refractivity contribution in [2.45, 2.75) is 20.5 Å². The van der Waals surface area contributed by atoms with Crippen LogP contribution in [0.1, 0.15) is 22.9 Å². The van der Waals surface area contributed by atoms with Crippen molar-refractivity contribution in [2.24, 2.45) is 5.16 Å². The molecule has 0 unspecified atom stereocenters. The zero-order chi connectivity index (χ0) is 13.0. The van der Waals surface area contributed by atoms with E-state index in [9.17, 15) is 0 Å². The Morgan fingerprint density at radius 3 is 2.89 bits per heavy atom. The lowest BCUT2D eigenvalue weighted by Crippen LogP contribution is -2.02. The summed E-state index contributed by atoms with van der Waals surface area (Å²) in [7, 11) is 0. The third-order valence-corrected chi connectivity index (χ3v) is 3.47. The van der Waals surface area contributed by atoms with Gasteiger partial charge in [0, 0.05) is 10.4 Å². The van der Waals surface area contributed by atoms with Crippen molar-refractivity contribution in [3.05, 3.63) is 51.7 Å². The van der Waals surface area contributed by atoms with Gasteiger partial charge in [-0.3, -0.25) is 0 Å². The van der Waals surface area contributed by atoms with Crippen LogP contribution in [0.2, 0.25) is 0 Å². The van der Waals surface area contributed by atoms with Gasteiger partial charge in [0.25, 0.3) is 0 Å². The molecule has 0 aliphatic rings. The molecule has 4 heteroatoms. The van der Waals surface area contributed by atoms with Crippen LogP contribution in [0.15, 0.2) is 40.9 Å². The number of oxime groups is 1. The van der Waals surface area contributed by atoms with Crippen LogP contribution in [0.25, 0.3) is 0 Å². The number of nitrogens with zero attached hydrogens (tertiary/aromatic N) is 1. The van der Waals surface area contributed by atoms with Crippen molar-refractivity contribution >= 4 is 17.0 Å². The maximum atomic E-state index is 8.89. The third kappa shape index (κ3) is 2.90. The predicted octanol–water partition coefficient (Wildman–Crippen LogP) is 3.83. The van der Waals surface area contributed by atoms with Gasteiger partial charge in [-0.25, -0.2) is 0 Å². The number of rotatable bonds is 4. The topological polar surface area (TPSA) is 41.8 Å². The molecule has 1 heterocycles. The van der Waals surface area contributed by atoms with Gasteiger partial charge in [0.15, 0.2) is 0 Å². The molecule has 1 N–H and O–H groups in total. The van der Waals surface area contributed by atoms with Crippen molar-refractivity contribution in [1.29, 1.82) is 0 Å². The minimum Gasteiger partial charge on any atom is -0.487 e. The molecule has 0 saturated carbocycles. The Balaban J connectivity index is 2.21. The Morgan fingerprint density at radius 1 is 1.39 bits per heavy atom. The van der Waals surface area contributed by atoms with Crippen LogP contribution in [0.5, 0.6) is 5.75 Å². The van der Waals surface area contributed by atoms with Crippen LogP contribution in [0, 0.1) is 6.92 Å². The Hall–Kier alpha value is -1.81. The minimum absolute atomic E-state index is 0.534. The van der Waals surface area contributed by atoms with E-state index in [-0.39, 0.29) is 0 Å². The number of hydrogen-bond acceptors (Lipinski definition) is 4. The highest BCUT2D eigenvalue weighted by Crippen LogP contribution is 2.23. The first-order valence-corrected chi connectivity index (χ1v) is 6.53. The fraction of sp³-hybridized carbons (Fsp3) is 0.214. The predicted molar refractivity (Wildman–Crippen MR) is 73.8 cm³/mol. The first kappa shape index (κ1) is 12.6. The Bertz CT molecular complexity index is 547. The molecule has 0 fully saturated rings. The number of aryl methyl sites for hydroxylation is 1. The average molecular weight is 261 g/mol. The summed E-state index contributed by atoms with van der Waals surface area (Å²) in [5, 5.41) is 14.2. The van der Waals surface area contributed by atoms with Crippen LogP contribution in [-0.4, -0.2) is 10.9 Å². The van der Waals surface area contributed by atoms with E-state index in [1.165, 1.54) is 4.88 Å². The van der Waals surface area contributed by atoms with Gasteiger partial charge in [-0.1, -0.05) is 22.9 Å². The quantitative estimate of drug-likeness (QED) is 0.516. The van der Waals surface area contributed by atoms with Crippen molar-refractivity contribution in [2.75, 3.05) is 0 Å². The average Bonchev–Trinajstić information content (AvgIpc) is 2.89. The summed E-state index contributed by atoms with van der Waals surface area (Å²) in [5.41, 5.74) is 2.49. The highest BCUT2D eigenvalue weighted by molar-refractivity contribution is 7.09. The molecule has 0 amide bonds. The number of thiophene rings is 1. The summed E-state index contributed by atoms with van der Waals surface area (Å²) >= 11 is 1.66. The first-order chi connectivity index (χ1) is 8.70. The van der Waals surface area contributed by atoms with E-state index in [4.69, 9.17) is 9.94 Å². The molecule has 0 spiro atoms. The van der Waals surface area contributed by atoms with Gasteiger partial charge in [-0.15, -0.1) is 11.3 Å². The molecule has 1 aromatic heterocycles. The maximum Gasteiger partial charge on any atom is 0.129 e. The van der Waals surface area contributed by atoms with Crippen LogP contribution in [-0.2, 0) is 6.61 Å². The number of benzene rings is 1. The minimum atomic E-state index is 0.534. The second-order valence-electron chi connectivity index (χ2n) is 4.05. The molecule has 2 rings (SSSR count). The van der Waals surface area contributed by atoms with Crippen LogP contribution in [0.3, 0.4) is 0 Å². The molecule has 0 aliphatic heterocycles. The molecule has 1 aromatic carbocycles. The van der Waals surface area contributed by atoms with Gasteiger partial charge in [0.2, 0.25) is 0 Å². The molecule has 3 nitrogen and oxygen atoms in total. The molecule has 0 aliphatic carbocycles. The summed E-state index contributed by atoms with van der Waals surface area (Å²) in [6, 6.07) is 9.88. The molecular formula is C14H15NO2S. The fourth-order valence-electron chi connectivity index (χ4n) is 1.65. The summed E-state index contributed by atoms with van der Waals surface area (Å²) in [4.78, 5) is 1.17. The van der Waals surface area contributed by atoms with Gasteiger partial charge < -0.3 is 9.94 Å². The van der Waals surface area contributed by atoms with Crippen LogP contribution < -0.4 is 4.74 Å². The van der Waals surface area contributed by atoms with Gasteiger partial charge >= 0.3 is 0 Å². The summed E-state index contributed by atoms with van der Waals surface area (Å²) in [6.07, 6.45) is 0. The number of hydrogen-bond donors (Lipinski definition) is 1. The molecule has 0 saturated heterocycles. The lowest BCUT2D eigenvalue weighted by Gasteiger charge is -2.10.